The summed E-state index contributed by atoms with van der Waals surface area (Å²) < 4.78 is 2.35. The number of aryl methyl sites for hydroxylation is 1. The normalized spacial score (nSPS) is 18.4. The van der Waals surface area contributed by atoms with Crippen LogP contribution in [0.4, 0.5) is 0 Å². The molecule has 1 aromatic carbocycles. The molecule has 0 N–H and O–H groups in total. The number of carbonyl (C=O) groups excluding carboxylic acids is 1. The first-order valence-electron chi connectivity index (χ1n) is 10.3. The zero-order chi connectivity index (χ0) is 19.3. The molecule has 0 bridgehead atoms. The summed E-state index contributed by atoms with van der Waals surface area (Å²) in [6.07, 6.45) is 7.05. The van der Waals surface area contributed by atoms with Crippen LogP contribution in [0.5, 0.6) is 0 Å². The van der Waals surface area contributed by atoms with Crippen molar-refractivity contribution in [2.24, 2.45) is 5.92 Å². The second kappa shape index (κ2) is 6.93. The standard InChI is InChI=1S/C24H26N2OS/c1-16(2)23(27)26-15-19-18-11-6-7-13-21(18)28-24(19)25-14-8-12-20(25)22(26)17-9-4-3-5-10-17/h3-5,8-10,12,14,16,22H,6-7,11,13,15H2,1-2H3/t22-/m0/s1. The van der Waals surface area contributed by atoms with Gasteiger partial charge in [-0.25, -0.2) is 0 Å². The van der Waals surface area contributed by atoms with Gasteiger partial charge in [-0.1, -0.05) is 44.2 Å². The average molecular weight is 391 g/mol. The molecule has 3 heterocycles. The Labute approximate surface area is 170 Å². The molecule has 1 aliphatic heterocycles. The summed E-state index contributed by atoms with van der Waals surface area (Å²) in [6.45, 7) is 4.73. The zero-order valence-electron chi connectivity index (χ0n) is 16.5. The van der Waals surface area contributed by atoms with Crippen molar-refractivity contribution in [1.82, 2.24) is 9.47 Å². The molecule has 3 aromatic rings. The minimum absolute atomic E-state index is 0.0226. The van der Waals surface area contributed by atoms with Crippen LogP contribution < -0.4 is 0 Å². The summed E-state index contributed by atoms with van der Waals surface area (Å²) in [5.41, 5.74) is 5.27. The summed E-state index contributed by atoms with van der Waals surface area (Å²) in [4.78, 5) is 17.0. The maximum Gasteiger partial charge on any atom is 0.226 e. The Balaban J connectivity index is 1.74. The number of nitrogens with zero attached hydrogens (tertiary/aromatic N) is 2. The highest BCUT2D eigenvalue weighted by Gasteiger charge is 2.36. The van der Waals surface area contributed by atoms with Crippen molar-refractivity contribution in [3.8, 4) is 5.00 Å². The Kier molecular flexibility index (Phi) is 4.39. The van der Waals surface area contributed by atoms with Crippen LogP contribution in [0.3, 0.4) is 0 Å². The monoisotopic (exact) mass is 390 g/mol. The van der Waals surface area contributed by atoms with Crippen LogP contribution in [-0.2, 0) is 24.2 Å². The second-order valence-electron chi connectivity index (χ2n) is 8.23. The minimum atomic E-state index is -0.0510. The molecule has 0 unspecified atom stereocenters. The molecular formula is C24H26N2OS. The van der Waals surface area contributed by atoms with Gasteiger partial charge in [0.05, 0.1) is 11.7 Å². The molecule has 0 saturated heterocycles. The number of hydrogen-bond donors (Lipinski definition) is 0. The van der Waals surface area contributed by atoms with Gasteiger partial charge in [0.2, 0.25) is 5.91 Å². The van der Waals surface area contributed by atoms with E-state index in [9.17, 15) is 4.79 Å². The Morgan fingerprint density at radius 2 is 1.82 bits per heavy atom. The van der Waals surface area contributed by atoms with E-state index < -0.39 is 0 Å². The Morgan fingerprint density at radius 1 is 1.04 bits per heavy atom. The van der Waals surface area contributed by atoms with E-state index in [-0.39, 0.29) is 17.9 Å². The molecule has 0 saturated carbocycles. The number of thiophene rings is 1. The predicted octanol–water partition coefficient (Wildman–Crippen LogP) is 5.51. The summed E-state index contributed by atoms with van der Waals surface area (Å²) in [5, 5.41) is 1.33. The van der Waals surface area contributed by atoms with Gasteiger partial charge in [-0.3, -0.25) is 4.79 Å². The SMILES string of the molecule is CC(C)C(=O)N1Cc2c(sc3c2CCCC3)-n2cccc2[C@@H]1c1ccccc1. The van der Waals surface area contributed by atoms with Crippen LogP contribution in [0.15, 0.2) is 48.7 Å². The number of carbonyl (C=O) groups is 1. The van der Waals surface area contributed by atoms with Gasteiger partial charge in [0.15, 0.2) is 0 Å². The van der Waals surface area contributed by atoms with Gasteiger partial charge in [-0.2, -0.15) is 0 Å². The number of aromatic nitrogens is 1. The lowest BCUT2D eigenvalue weighted by atomic mass is 9.94. The molecule has 1 amide bonds. The van der Waals surface area contributed by atoms with Crippen LogP contribution in [0.25, 0.3) is 5.00 Å². The summed E-state index contributed by atoms with van der Waals surface area (Å²) >= 11 is 1.94. The maximum atomic E-state index is 13.4. The van der Waals surface area contributed by atoms with E-state index >= 15 is 0 Å². The van der Waals surface area contributed by atoms with E-state index in [4.69, 9.17) is 0 Å². The largest absolute Gasteiger partial charge is 0.325 e. The lowest BCUT2D eigenvalue weighted by Crippen LogP contribution is -2.37. The number of benzene rings is 1. The maximum absolute atomic E-state index is 13.4. The van der Waals surface area contributed by atoms with Gasteiger partial charge in [0, 0.05) is 29.1 Å². The number of rotatable bonds is 2. The van der Waals surface area contributed by atoms with Crippen LogP contribution in [-0.4, -0.2) is 15.4 Å². The third-order valence-corrected chi connectivity index (χ3v) is 7.40. The number of amides is 1. The number of fused-ring (bicyclic) bond motifs is 5. The fourth-order valence-electron chi connectivity index (χ4n) is 4.72. The molecule has 0 spiro atoms. The molecule has 144 valence electrons. The van der Waals surface area contributed by atoms with Crippen molar-refractivity contribution >= 4 is 17.2 Å². The van der Waals surface area contributed by atoms with Crippen LogP contribution in [0, 0.1) is 5.92 Å². The van der Waals surface area contributed by atoms with Crippen molar-refractivity contribution in [2.75, 3.05) is 0 Å². The van der Waals surface area contributed by atoms with Crippen molar-refractivity contribution in [2.45, 2.75) is 52.1 Å². The minimum Gasteiger partial charge on any atom is -0.325 e. The first kappa shape index (κ1) is 17.7. The smallest absolute Gasteiger partial charge is 0.226 e. The van der Waals surface area contributed by atoms with E-state index in [1.165, 1.54) is 51.5 Å². The molecule has 2 aromatic heterocycles. The fourth-order valence-corrected chi connectivity index (χ4v) is 6.12. The molecule has 1 atom stereocenters. The molecule has 4 heteroatoms. The van der Waals surface area contributed by atoms with Crippen molar-refractivity contribution in [3.05, 3.63) is 75.9 Å². The zero-order valence-corrected chi connectivity index (χ0v) is 17.3. The van der Waals surface area contributed by atoms with Gasteiger partial charge in [-0.05, 0) is 48.9 Å². The molecule has 0 fully saturated rings. The third-order valence-electron chi connectivity index (χ3n) is 6.07. The van der Waals surface area contributed by atoms with Gasteiger partial charge in [0.25, 0.3) is 0 Å². The second-order valence-corrected chi connectivity index (χ2v) is 9.32. The van der Waals surface area contributed by atoms with Gasteiger partial charge < -0.3 is 9.47 Å². The van der Waals surface area contributed by atoms with Crippen LogP contribution in [0.1, 0.15) is 60.0 Å². The molecule has 3 nitrogen and oxygen atoms in total. The molecule has 2 aliphatic rings. The topological polar surface area (TPSA) is 25.2 Å². The predicted molar refractivity (Wildman–Crippen MR) is 114 cm³/mol. The van der Waals surface area contributed by atoms with E-state index in [0.29, 0.717) is 6.54 Å². The number of hydrogen-bond acceptors (Lipinski definition) is 2. The van der Waals surface area contributed by atoms with E-state index in [1.807, 2.05) is 31.3 Å². The highest BCUT2D eigenvalue weighted by atomic mass is 32.1. The van der Waals surface area contributed by atoms with E-state index in [2.05, 4.69) is 52.1 Å². The Bertz CT molecular complexity index is 1010. The third kappa shape index (κ3) is 2.74. The van der Waals surface area contributed by atoms with Crippen LogP contribution >= 0.6 is 11.3 Å². The van der Waals surface area contributed by atoms with E-state index in [1.54, 1.807) is 0 Å². The van der Waals surface area contributed by atoms with E-state index in [0.717, 1.165) is 6.42 Å². The summed E-state index contributed by atoms with van der Waals surface area (Å²) in [6, 6.07) is 14.7. The molecule has 28 heavy (non-hydrogen) atoms. The quantitative estimate of drug-likeness (QED) is 0.567. The molecule has 0 radical (unpaired) electrons. The van der Waals surface area contributed by atoms with Crippen LogP contribution in [0.2, 0.25) is 0 Å². The van der Waals surface area contributed by atoms with Crippen molar-refractivity contribution in [1.29, 1.82) is 0 Å². The van der Waals surface area contributed by atoms with Gasteiger partial charge >= 0.3 is 0 Å². The average Bonchev–Trinajstić information content (AvgIpc) is 3.30. The van der Waals surface area contributed by atoms with Crippen molar-refractivity contribution in [3.63, 3.8) is 0 Å². The highest BCUT2D eigenvalue weighted by Crippen LogP contribution is 2.44. The first-order chi connectivity index (χ1) is 13.6. The fraction of sp³-hybridized carbons (Fsp3) is 0.375. The molecule has 1 aliphatic carbocycles. The molecule has 5 rings (SSSR count). The first-order valence-corrected chi connectivity index (χ1v) is 11.1. The molecular weight excluding hydrogens is 364 g/mol. The highest BCUT2D eigenvalue weighted by molar-refractivity contribution is 7.15. The summed E-state index contributed by atoms with van der Waals surface area (Å²) in [7, 11) is 0. The Morgan fingerprint density at radius 3 is 2.61 bits per heavy atom. The lowest BCUT2D eigenvalue weighted by molar-refractivity contribution is -0.137. The Hall–Kier alpha value is -2.33. The van der Waals surface area contributed by atoms with Crippen molar-refractivity contribution < 1.29 is 4.79 Å². The van der Waals surface area contributed by atoms with Gasteiger partial charge in [0.1, 0.15) is 5.00 Å². The summed E-state index contributed by atoms with van der Waals surface area (Å²) in [5.74, 6) is 0.204. The lowest BCUT2D eigenvalue weighted by Gasteiger charge is -2.32. The van der Waals surface area contributed by atoms with Gasteiger partial charge in [-0.15, -0.1) is 11.3 Å².